The Bertz CT molecular complexity index is 1060. The maximum atomic E-state index is 12.5. The summed E-state index contributed by atoms with van der Waals surface area (Å²) in [6, 6.07) is 10.8. The van der Waals surface area contributed by atoms with Crippen molar-refractivity contribution in [1.29, 1.82) is 0 Å². The summed E-state index contributed by atoms with van der Waals surface area (Å²) in [7, 11) is 1.45. The molecule has 0 aliphatic carbocycles. The van der Waals surface area contributed by atoms with E-state index in [9.17, 15) is 4.79 Å². The second kappa shape index (κ2) is 7.95. The predicted octanol–water partition coefficient (Wildman–Crippen LogP) is 3.35. The summed E-state index contributed by atoms with van der Waals surface area (Å²) in [4.78, 5) is 12.5. The van der Waals surface area contributed by atoms with E-state index in [1.807, 2.05) is 11.6 Å². The van der Waals surface area contributed by atoms with Crippen molar-refractivity contribution in [3.8, 4) is 0 Å². The fourth-order valence-electron chi connectivity index (χ4n) is 4.51. The molecule has 1 aliphatic heterocycles. The average molecular weight is 393 g/mol. The number of aromatic nitrogens is 3. The lowest BCUT2D eigenvalue weighted by atomic mass is 9.78. The first-order valence-corrected chi connectivity index (χ1v) is 10.3. The van der Waals surface area contributed by atoms with E-state index < -0.39 is 0 Å². The second-order valence-corrected chi connectivity index (χ2v) is 7.80. The van der Waals surface area contributed by atoms with Gasteiger partial charge in [-0.25, -0.2) is 4.68 Å². The molecule has 0 amide bonds. The van der Waals surface area contributed by atoms with Gasteiger partial charge in [0, 0.05) is 19.0 Å². The third-order valence-electron chi connectivity index (χ3n) is 6.17. The van der Waals surface area contributed by atoms with E-state index in [4.69, 9.17) is 4.74 Å². The summed E-state index contributed by atoms with van der Waals surface area (Å²) in [5.74, 6) is -0.625. The molecule has 0 saturated carbocycles. The first kappa shape index (κ1) is 19.6. The number of hydrogen-bond donors (Lipinski definition) is 1. The van der Waals surface area contributed by atoms with E-state index in [1.54, 1.807) is 0 Å². The van der Waals surface area contributed by atoms with Crippen molar-refractivity contribution in [1.82, 2.24) is 20.3 Å². The van der Waals surface area contributed by atoms with Gasteiger partial charge in [-0.15, -0.1) is 5.10 Å². The van der Waals surface area contributed by atoms with E-state index in [0.29, 0.717) is 0 Å². The van der Waals surface area contributed by atoms with Crippen molar-refractivity contribution < 1.29 is 9.53 Å². The lowest BCUT2D eigenvalue weighted by molar-refractivity contribution is -0.145. The zero-order chi connectivity index (χ0) is 20.5. The number of fused-ring (bicyclic) bond motifs is 2. The van der Waals surface area contributed by atoms with Crippen molar-refractivity contribution in [3.05, 3.63) is 58.1 Å². The van der Waals surface area contributed by atoms with E-state index >= 15 is 0 Å². The molecule has 0 radical (unpaired) electrons. The summed E-state index contributed by atoms with van der Waals surface area (Å²) >= 11 is 0. The summed E-state index contributed by atoms with van der Waals surface area (Å²) in [6.45, 7) is 8.72. The van der Waals surface area contributed by atoms with Gasteiger partial charge in [-0.1, -0.05) is 36.4 Å². The average Bonchev–Trinajstić information content (AvgIpc) is 3.18. The molecular weight excluding hydrogens is 364 g/mol. The number of nitrogens with zero attached hydrogens (tertiary/aromatic N) is 3. The van der Waals surface area contributed by atoms with Gasteiger partial charge in [0.15, 0.2) is 0 Å². The van der Waals surface area contributed by atoms with Crippen LogP contribution in [0.15, 0.2) is 30.3 Å². The first-order valence-electron chi connectivity index (χ1n) is 10.3. The van der Waals surface area contributed by atoms with Crippen molar-refractivity contribution in [2.75, 3.05) is 13.7 Å². The number of hydrogen-bond acceptors (Lipinski definition) is 5. The third kappa shape index (κ3) is 3.42. The molecule has 0 fully saturated rings. The molecule has 152 valence electrons. The predicted molar refractivity (Wildman–Crippen MR) is 113 cm³/mol. The topological polar surface area (TPSA) is 69.0 Å². The van der Waals surface area contributed by atoms with Gasteiger partial charge in [-0.3, -0.25) is 4.79 Å². The van der Waals surface area contributed by atoms with Crippen LogP contribution < -0.4 is 5.32 Å². The summed E-state index contributed by atoms with van der Waals surface area (Å²) in [6.07, 6.45) is 1.04. The Balaban J connectivity index is 1.86. The van der Waals surface area contributed by atoms with Crippen LogP contribution >= 0.6 is 0 Å². The lowest BCUT2D eigenvalue weighted by Crippen LogP contribution is -2.25. The normalized spacial score (nSPS) is 15.7. The van der Waals surface area contributed by atoms with Gasteiger partial charge in [0.2, 0.25) is 0 Å². The van der Waals surface area contributed by atoms with Crippen LogP contribution in [0.4, 0.5) is 0 Å². The van der Waals surface area contributed by atoms with E-state index in [2.05, 4.69) is 59.8 Å². The highest BCUT2D eigenvalue weighted by Crippen LogP contribution is 2.37. The van der Waals surface area contributed by atoms with Gasteiger partial charge < -0.3 is 10.1 Å². The van der Waals surface area contributed by atoms with Crippen LogP contribution in [0.5, 0.6) is 0 Å². The van der Waals surface area contributed by atoms with E-state index in [0.717, 1.165) is 53.8 Å². The fourth-order valence-corrected chi connectivity index (χ4v) is 4.51. The van der Waals surface area contributed by atoms with Gasteiger partial charge in [-0.2, -0.15) is 0 Å². The van der Waals surface area contributed by atoms with Crippen molar-refractivity contribution in [2.45, 2.75) is 46.2 Å². The number of rotatable bonds is 5. The Morgan fingerprint density at radius 1 is 1.28 bits per heavy atom. The van der Waals surface area contributed by atoms with Crippen LogP contribution in [-0.4, -0.2) is 34.6 Å². The molecular formula is C23H28N4O2. The third-order valence-corrected chi connectivity index (χ3v) is 6.17. The fraction of sp³-hybridized carbons (Fsp3) is 0.435. The van der Waals surface area contributed by atoms with Gasteiger partial charge in [0.05, 0.1) is 18.5 Å². The zero-order valence-electron chi connectivity index (χ0n) is 17.5. The molecule has 3 aromatic rings. The minimum Gasteiger partial charge on any atom is -0.469 e. The lowest BCUT2D eigenvalue weighted by Gasteiger charge is -2.27. The molecule has 0 bridgehead atoms. The Morgan fingerprint density at radius 3 is 2.86 bits per heavy atom. The standard InChI is InChI=1S/C23H28N4O2/c1-5-27-20-9-8-19(14(2)22(20)25-26-27)21(15(3)23(28)29-4)17-7-6-16-10-11-24-13-18(16)12-17/h6-9,12,15,21,24H,5,10-11,13H2,1-4H3/t15-,21+/m1/s1. The highest BCUT2D eigenvalue weighted by atomic mass is 16.5. The van der Waals surface area contributed by atoms with Crippen molar-refractivity contribution >= 4 is 17.0 Å². The highest BCUT2D eigenvalue weighted by Gasteiger charge is 2.30. The van der Waals surface area contributed by atoms with Crippen LogP contribution in [0, 0.1) is 12.8 Å². The molecule has 0 saturated heterocycles. The van der Waals surface area contributed by atoms with E-state index in [1.165, 1.54) is 18.2 Å². The number of nitrogens with one attached hydrogen (secondary N) is 1. The molecule has 6 heteroatoms. The molecule has 4 rings (SSSR count). The zero-order valence-corrected chi connectivity index (χ0v) is 17.5. The van der Waals surface area contributed by atoms with Crippen LogP contribution in [0.25, 0.3) is 11.0 Å². The molecule has 2 aromatic carbocycles. The van der Waals surface area contributed by atoms with Gasteiger partial charge in [0.25, 0.3) is 0 Å². The van der Waals surface area contributed by atoms with Crippen LogP contribution in [-0.2, 0) is 29.0 Å². The highest BCUT2D eigenvalue weighted by molar-refractivity contribution is 5.81. The molecule has 1 aliphatic rings. The number of methoxy groups -OCH3 is 1. The smallest absolute Gasteiger partial charge is 0.309 e. The summed E-state index contributed by atoms with van der Waals surface area (Å²) in [5.41, 5.74) is 7.91. The van der Waals surface area contributed by atoms with Gasteiger partial charge >= 0.3 is 5.97 Å². The quantitative estimate of drug-likeness (QED) is 0.675. The SMILES string of the molecule is CCn1nnc2c(C)c([C@H](c3ccc4c(c3)CNCC4)[C@@H](C)C(=O)OC)ccc21. The van der Waals surface area contributed by atoms with E-state index in [-0.39, 0.29) is 17.8 Å². The largest absolute Gasteiger partial charge is 0.469 e. The summed E-state index contributed by atoms with van der Waals surface area (Å²) < 4.78 is 7.01. The number of esters is 1. The first-order chi connectivity index (χ1) is 14.0. The second-order valence-electron chi connectivity index (χ2n) is 7.80. The monoisotopic (exact) mass is 392 g/mol. The van der Waals surface area contributed by atoms with Crippen molar-refractivity contribution in [2.24, 2.45) is 5.92 Å². The van der Waals surface area contributed by atoms with Gasteiger partial charge in [-0.05, 0) is 60.7 Å². The molecule has 2 atom stereocenters. The number of carbonyl (C=O) groups excluding carboxylic acids is 1. The number of carbonyl (C=O) groups is 1. The Kier molecular flexibility index (Phi) is 5.37. The molecule has 29 heavy (non-hydrogen) atoms. The van der Waals surface area contributed by atoms with Crippen molar-refractivity contribution in [3.63, 3.8) is 0 Å². The molecule has 0 unspecified atom stereocenters. The van der Waals surface area contributed by atoms with Crippen LogP contribution in [0.3, 0.4) is 0 Å². The van der Waals surface area contributed by atoms with Crippen LogP contribution in [0.1, 0.15) is 47.6 Å². The molecule has 6 nitrogen and oxygen atoms in total. The molecule has 1 aromatic heterocycles. The minimum atomic E-state index is -0.313. The molecule has 0 spiro atoms. The Labute approximate surface area is 171 Å². The van der Waals surface area contributed by atoms with Crippen LogP contribution in [0.2, 0.25) is 0 Å². The molecule has 2 heterocycles. The number of aryl methyl sites for hydroxylation is 2. The number of benzene rings is 2. The Hall–Kier alpha value is -2.73. The summed E-state index contributed by atoms with van der Waals surface area (Å²) in [5, 5.41) is 12.1. The molecule has 1 N–H and O–H groups in total. The Morgan fingerprint density at radius 2 is 2.10 bits per heavy atom. The maximum Gasteiger partial charge on any atom is 0.309 e. The minimum absolute atomic E-state index is 0.106. The number of ether oxygens (including phenoxy) is 1. The maximum absolute atomic E-state index is 12.5. The van der Waals surface area contributed by atoms with Gasteiger partial charge in [0.1, 0.15) is 5.52 Å².